The van der Waals surface area contributed by atoms with Gasteiger partial charge in [0, 0.05) is 38.6 Å². The number of rotatable bonds is 9. The van der Waals surface area contributed by atoms with Crippen molar-refractivity contribution in [2.24, 2.45) is 11.8 Å². The SMILES string of the molecule is CCCC(CC1CCCCC1)C(=O)NCCCN1CCNCC1.Cl. The molecule has 2 N–H and O–H groups in total. The van der Waals surface area contributed by atoms with Crippen molar-refractivity contribution in [3.63, 3.8) is 0 Å². The fourth-order valence-electron chi connectivity index (χ4n) is 4.12. The van der Waals surface area contributed by atoms with Gasteiger partial charge in [0.2, 0.25) is 5.91 Å². The molecule has 4 nitrogen and oxygen atoms in total. The quantitative estimate of drug-likeness (QED) is 0.621. The summed E-state index contributed by atoms with van der Waals surface area (Å²) in [6.07, 6.45) is 11.2. The zero-order valence-corrected chi connectivity index (χ0v) is 16.3. The van der Waals surface area contributed by atoms with E-state index in [4.69, 9.17) is 0 Å². The summed E-state index contributed by atoms with van der Waals surface area (Å²) in [6, 6.07) is 0. The molecular formula is C19H38ClN3O. The van der Waals surface area contributed by atoms with E-state index in [2.05, 4.69) is 22.5 Å². The lowest BCUT2D eigenvalue weighted by molar-refractivity contribution is -0.125. The Labute approximate surface area is 154 Å². The van der Waals surface area contributed by atoms with Gasteiger partial charge >= 0.3 is 0 Å². The highest BCUT2D eigenvalue weighted by Crippen LogP contribution is 2.30. The summed E-state index contributed by atoms with van der Waals surface area (Å²) in [5.74, 6) is 1.37. The zero-order chi connectivity index (χ0) is 16.3. The van der Waals surface area contributed by atoms with Crippen LogP contribution in [0.5, 0.6) is 0 Å². The molecule has 24 heavy (non-hydrogen) atoms. The second kappa shape index (κ2) is 13.0. The van der Waals surface area contributed by atoms with Crippen LogP contribution >= 0.6 is 12.4 Å². The van der Waals surface area contributed by atoms with Gasteiger partial charge < -0.3 is 15.5 Å². The highest BCUT2D eigenvalue weighted by molar-refractivity contribution is 5.85. The fraction of sp³-hybridized carbons (Fsp3) is 0.947. The number of nitrogens with zero attached hydrogens (tertiary/aromatic N) is 1. The molecule has 1 aliphatic carbocycles. The molecule has 1 amide bonds. The molecule has 1 heterocycles. The second-order valence-corrected chi connectivity index (χ2v) is 7.46. The van der Waals surface area contributed by atoms with Gasteiger partial charge in [0.05, 0.1) is 0 Å². The van der Waals surface area contributed by atoms with Crippen molar-refractivity contribution in [3.05, 3.63) is 0 Å². The summed E-state index contributed by atoms with van der Waals surface area (Å²) in [5, 5.41) is 6.60. The van der Waals surface area contributed by atoms with E-state index in [-0.39, 0.29) is 18.3 Å². The van der Waals surface area contributed by atoms with E-state index in [0.29, 0.717) is 5.91 Å². The first-order chi connectivity index (χ1) is 11.3. The van der Waals surface area contributed by atoms with Crippen LogP contribution in [0.2, 0.25) is 0 Å². The summed E-state index contributed by atoms with van der Waals surface area (Å²) in [7, 11) is 0. The number of halogens is 1. The lowest BCUT2D eigenvalue weighted by Crippen LogP contribution is -2.44. The van der Waals surface area contributed by atoms with Crippen LogP contribution in [0.4, 0.5) is 0 Å². The van der Waals surface area contributed by atoms with Crippen molar-refractivity contribution in [1.29, 1.82) is 0 Å². The van der Waals surface area contributed by atoms with Gasteiger partial charge in [-0.25, -0.2) is 0 Å². The van der Waals surface area contributed by atoms with Crippen molar-refractivity contribution in [3.8, 4) is 0 Å². The molecule has 1 aliphatic heterocycles. The Balaban J connectivity index is 0.00000288. The molecule has 142 valence electrons. The number of carbonyl (C=O) groups excluding carboxylic acids is 1. The van der Waals surface area contributed by atoms with E-state index >= 15 is 0 Å². The van der Waals surface area contributed by atoms with Crippen LogP contribution in [0, 0.1) is 11.8 Å². The molecule has 0 spiro atoms. The van der Waals surface area contributed by atoms with E-state index in [9.17, 15) is 4.79 Å². The molecule has 1 saturated carbocycles. The van der Waals surface area contributed by atoms with Crippen LogP contribution in [0.25, 0.3) is 0 Å². The third kappa shape index (κ3) is 8.17. The van der Waals surface area contributed by atoms with Crippen molar-refractivity contribution in [2.45, 2.75) is 64.7 Å². The fourth-order valence-corrected chi connectivity index (χ4v) is 4.12. The zero-order valence-electron chi connectivity index (χ0n) is 15.5. The van der Waals surface area contributed by atoms with Gasteiger partial charge in [-0.3, -0.25) is 4.79 Å². The Bertz CT molecular complexity index is 329. The normalized spacial score (nSPS) is 21.0. The second-order valence-electron chi connectivity index (χ2n) is 7.46. The molecule has 2 rings (SSSR count). The molecule has 2 aliphatic rings. The predicted molar refractivity (Wildman–Crippen MR) is 104 cm³/mol. The largest absolute Gasteiger partial charge is 0.356 e. The summed E-state index contributed by atoms with van der Waals surface area (Å²) < 4.78 is 0. The maximum Gasteiger partial charge on any atom is 0.223 e. The van der Waals surface area contributed by atoms with E-state index in [1.807, 2.05) is 0 Å². The Morgan fingerprint density at radius 3 is 2.58 bits per heavy atom. The molecule has 1 atom stereocenters. The van der Waals surface area contributed by atoms with Crippen molar-refractivity contribution < 1.29 is 4.79 Å². The maximum atomic E-state index is 12.5. The van der Waals surface area contributed by atoms with Gasteiger partial charge in [-0.15, -0.1) is 12.4 Å². The van der Waals surface area contributed by atoms with Crippen LogP contribution < -0.4 is 10.6 Å². The van der Waals surface area contributed by atoms with Crippen molar-refractivity contribution in [1.82, 2.24) is 15.5 Å². The number of amides is 1. The molecule has 1 unspecified atom stereocenters. The summed E-state index contributed by atoms with van der Waals surface area (Å²) in [4.78, 5) is 15.0. The van der Waals surface area contributed by atoms with Gasteiger partial charge in [-0.2, -0.15) is 0 Å². The molecule has 0 aromatic carbocycles. The van der Waals surface area contributed by atoms with Gasteiger partial charge in [0.1, 0.15) is 0 Å². The van der Waals surface area contributed by atoms with E-state index in [1.165, 1.54) is 32.1 Å². The minimum atomic E-state index is 0. The molecule has 0 aromatic rings. The average Bonchev–Trinajstić information content (AvgIpc) is 2.60. The lowest BCUT2D eigenvalue weighted by Gasteiger charge is -2.27. The molecule has 0 aromatic heterocycles. The lowest BCUT2D eigenvalue weighted by atomic mass is 9.81. The first-order valence-corrected chi connectivity index (χ1v) is 10.0. The number of piperazine rings is 1. The highest BCUT2D eigenvalue weighted by Gasteiger charge is 2.23. The molecule has 2 fully saturated rings. The Morgan fingerprint density at radius 2 is 1.92 bits per heavy atom. The van der Waals surface area contributed by atoms with Crippen LogP contribution in [0.1, 0.15) is 64.7 Å². The summed E-state index contributed by atoms with van der Waals surface area (Å²) in [6.45, 7) is 8.66. The summed E-state index contributed by atoms with van der Waals surface area (Å²) in [5.41, 5.74) is 0. The Kier molecular flexibility index (Phi) is 11.7. The molecule has 0 radical (unpaired) electrons. The monoisotopic (exact) mass is 359 g/mol. The standard InChI is InChI=1S/C19H37N3O.ClH/c1-2-7-18(16-17-8-4-3-5-9-17)19(23)21-10-6-13-22-14-11-20-12-15-22;/h17-18,20H,2-16H2,1H3,(H,21,23);1H. The van der Waals surface area contributed by atoms with E-state index in [1.54, 1.807) is 0 Å². The number of nitrogens with one attached hydrogen (secondary N) is 2. The third-order valence-electron chi connectivity index (χ3n) is 5.51. The number of hydrogen-bond donors (Lipinski definition) is 2. The van der Waals surface area contributed by atoms with E-state index < -0.39 is 0 Å². The average molecular weight is 360 g/mol. The van der Waals surface area contributed by atoms with Crippen LogP contribution in [-0.2, 0) is 4.79 Å². The molecule has 1 saturated heterocycles. The highest BCUT2D eigenvalue weighted by atomic mass is 35.5. The summed E-state index contributed by atoms with van der Waals surface area (Å²) >= 11 is 0. The number of hydrogen-bond acceptors (Lipinski definition) is 3. The van der Waals surface area contributed by atoms with Crippen LogP contribution in [0.3, 0.4) is 0 Å². The number of carbonyl (C=O) groups is 1. The molecular weight excluding hydrogens is 322 g/mol. The molecule has 0 bridgehead atoms. The van der Waals surface area contributed by atoms with Gasteiger partial charge in [0.25, 0.3) is 0 Å². The Hall–Kier alpha value is -0.320. The van der Waals surface area contributed by atoms with Gasteiger partial charge in [0.15, 0.2) is 0 Å². The topological polar surface area (TPSA) is 44.4 Å². The molecule has 5 heteroatoms. The van der Waals surface area contributed by atoms with Gasteiger partial charge in [-0.1, -0.05) is 45.4 Å². The smallest absolute Gasteiger partial charge is 0.223 e. The van der Waals surface area contributed by atoms with Crippen molar-refractivity contribution >= 4 is 18.3 Å². The first kappa shape index (κ1) is 21.7. The van der Waals surface area contributed by atoms with Crippen LogP contribution in [0.15, 0.2) is 0 Å². The maximum absolute atomic E-state index is 12.5. The predicted octanol–water partition coefficient (Wildman–Crippen LogP) is 3.21. The van der Waals surface area contributed by atoms with Gasteiger partial charge in [-0.05, 0) is 31.7 Å². The first-order valence-electron chi connectivity index (χ1n) is 10.0. The Morgan fingerprint density at radius 1 is 1.21 bits per heavy atom. The van der Waals surface area contributed by atoms with Crippen molar-refractivity contribution in [2.75, 3.05) is 39.3 Å². The third-order valence-corrected chi connectivity index (χ3v) is 5.51. The van der Waals surface area contributed by atoms with Crippen LogP contribution in [-0.4, -0.2) is 50.1 Å². The minimum Gasteiger partial charge on any atom is -0.356 e. The van der Waals surface area contributed by atoms with E-state index in [0.717, 1.165) is 70.9 Å². The minimum absolute atomic E-state index is 0.